The Morgan fingerprint density at radius 3 is 2.90 bits per heavy atom. The summed E-state index contributed by atoms with van der Waals surface area (Å²) in [5.41, 5.74) is 2.07. The zero-order chi connectivity index (χ0) is 21.3. The molecule has 0 bridgehead atoms. The number of nitrogens with one attached hydrogen (secondary N) is 2. The van der Waals surface area contributed by atoms with Gasteiger partial charge in [0.25, 0.3) is 5.56 Å². The van der Waals surface area contributed by atoms with Crippen LogP contribution in [0.25, 0.3) is 11.0 Å². The highest BCUT2D eigenvalue weighted by Crippen LogP contribution is 2.38. The van der Waals surface area contributed by atoms with Gasteiger partial charge < -0.3 is 15.0 Å². The predicted octanol–water partition coefficient (Wildman–Crippen LogP) is 2.87. The summed E-state index contributed by atoms with van der Waals surface area (Å²) in [7, 11) is 1.23. The second-order valence-electron chi connectivity index (χ2n) is 6.15. The monoisotopic (exact) mass is 442 g/mol. The minimum atomic E-state index is -0.650. The summed E-state index contributed by atoms with van der Waals surface area (Å²) < 4.78 is 13.0. The van der Waals surface area contributed by atoms with Gasteiger partial charge in [-0.1, -0.05) is 17.8 Å². The second-order valence-corrected chi connectivity index (χ2v) is 7.64. The number of aryl methyl sites for hydroxylation is 1. The van der Waals surface area contributed by atoms with Crippen molar-refractivity contribution in [3.8, 4) is 0 Å². The molecule has 3 aromatic rings. The highest BCUT2D eigenvalue weighted by Gasteiger charge is 2.18. The van der Waals surface area contributed by atoms with Crippen molar-refractivity contribution in [1.82, 2.24) is 15.0 Å². The number of aromatic nitrogens is 3. The maximum Gasteiger partial charge on any atom is 0.338 e. The van der Waals surface area contributed by atoms with Gasteiger partial charge in [-0.15, -0.1) is 0 Å². The molecule has 1 aromatic carbocycles. The number of amides is 1. The number of nitrogens with zero attached hydrogens (tertiary/aromatic N) is 4. The topological polar surface area (TPSA) is 139 Å². The lowest BCUT2D eigenvalue weighted by Gasteiger charge is -2.08. The molecule has 1 amide bonds. The fraction of sp³-hybridized carbons (Fsp3) is 0.167. The average Bonchev–Trinajstić information content (AvgIpc) is 3.20. The van der Waals surface area contributed by atoms with Crippen molar-refractivity contribution in [1.29, 1.82) is 0 Å². The summed E-state index contributed by atoms with van der Waals surface area (Å²) in [5.74, 6) is -0.947. The molecule has 0 radical (unpaired) electrons. The summed E-state index contributed by atoms with van der Waals surface area (Å²) in [6.07, 6.45) is 0. The van der Waals surface area contributed by atoms with Crippen molar-refractivity contribution in [3.05, 3.63) is 45.9 Å². The summed E-state index contributed by atoms with van der Waals surface area (Å²) >= 11 is 2.11. The van der Waals surface area contributed by atoms with Crippen LogP contribution in [-0.4, -0.2) is 39.7 Å². The Morgan fingerprint density at radius 1 is 1.27 bits per heavy atom. The lowest BCUT2D eigenvalue weighted by molar-refractivity contribution is -0.113. The minimum absolute atomic E-state index is 0.00191. The first kappa shape index (κ1) is 19.9. The lowest BCUT2D eigenvalue weighted by Crippen LogP contribution is -2.18. The Kier molecular flexibility index (Phi) is 5.42. The third kappa shape index (κ3) is 3.86. The molecule has 0 unspecified atom stereocenters. The van der Waals surface area contributed by atoms with Crippen LogP contribution >= 0.6 is 11.8 Å². The summed E-state index contributed by atoms with van der Waals surface area (Å²) in [6.45, 7) is 1.68. The molecule has 0 saturated carbocycles. The van der Waals surface area contributed by atoms with Crippen molar-refractivity contribution < 1.29 is 14.3 Å². The average molecular weight is 442 g/mol. The van der Waals surface area contributed by atoms with Crippen LogP contribution < -0.4 is 10.9 Å². The number of thioether (sulfide) groups is 1. The molecule has 0 fully saturated rings. The number of fused-ring (bicyclic) bond motifs is 2. The van der Waals surface area contributed by atoms with E-state index in [0.29, 0.717) is 22.8 Å². The Morgan fingerprint density at radius 2 is 2.10 bits per heavy atom. The third-order valence-corrected chi connectivity index (χ3v) is 5.50. The number of methoxy groups -OCH3 is 1. The Hall–Kier alpha value is -3.38. The zero-order valence-corrected chi connectivity index (χ0v) is 17.4. The van der Waals surface area contributed by atoms with Gasteiger partial charge in [-0.25, -0.2) is 14.8 Å². The number of carbonyl (C=O) groups excluding carboxylic acids is 2. The highest BCUT2D eigenvalue weighted by atomic mass is 32.2. The number of aromatic amines is 1. The minimum Gasteiger partial charge on any atom is -0.465 e. The van der Waals surface area contributed by atoms with Gasteiger partial charge in [0.05, 0.1) is 40.9 Å². The van der Waals surface area contributed by atoms with Crippen LogP contribution in [0.15, 0.2) is 42.9 Å². The Bertz CT molecular complexity index is 1330. The van der Waals surface area contributed by atoms with Crippen molar-refractivity contribution in [2.75, 3.05) is 18.2 Å². The van der Waals surface area contributed by atoms with E-state index in [0.717, 1.165) is 23.1 Å². The van der Waals surface area contributed by atoms with E-state index < -0.39 is 11.5 Å². The molecule has 152 valence electrons. The molecule has 30 heavy (non-hydrogen) atoms. The molecule has 2 N–H and O–H groups in total. The molecule has 0 saturated heterocycles. The molecule has 2 aromatic heterocycles. The molecule has 0 spiro atoms. The molecule has 3 heterocycles. The third-order valence-electron chi connectivity index (χ3n) is 4.09. The first-order valence-corrected chi connectivity index (χ1v) is 10.3. The van der Waals surface area contributed by atoms with Gasteiger partial charge in [0.2, 0.25) is 5.91 Å². The largest absolute Gasteiger partial charge is 0.465 e. The van der Waals surface area contributed by atoms with Gasteiger partial charge in [0, 0.05) is 5.69 Å². The van der Waals surface area contributed by atoms with E-state index in [9.17, 15) is 14.4 Å². The first-order valence-electron chi connectivity index (χ1n) is 8.60. The maximum absolute atomic E-state index is 12.5. The number of H-pyrrole nitrogens is 1. The lowest BCUT2D eigenvalue weighted by atomic mass is 10.1. The molecule has 0 atom stereocenters. The smallest absolute Gasteiger partial charge is 0.338 e. The van der Waals surface area contributed by atoms with Crippen LogP contribution in [-0.2, 0) is 20.9 Å². The predicted molar refractivity (Wildman–Crippen MR) is 114 cm³/mol. The van der Waals surface area contributed by atoms with Gasteiger partial charge in [-0.2, -0.15) is 8.73 Å². The van der Waals surface area contributed by atoms with Crippen molar-refractivity contribution in [3.63, 3.8) is 0 Å². The van der Waals surface area contributed by atoms with Crippen LogP contribution in [0.2, 0.25) is 0 Å². The second kappa shape index (κ2) is 8.16. The quantitative estimate of drug-likeness (QED) is 0.275. The standard InChI is InChI=1S/C18H14N6O4S2/c1-8-6-9(17(27)28-2)13-15(19-8)21-18(22-16(13)26)29-7-12(25)20-10-4-3-5-11-14(10)24-30-23-11/h3-6H,7H2,1-2H3,(H,20,25)(H,19,21,22,26). The highest BCUT2D eigenvalue weighted by molar-refractivity contribution is 7.99. The number of esters is 1. The normalized spacial score (nSPS) is 11.8. The number of pyridine rings is 1. The Balaban J connectivity index is 1.54. The van der Waals surface area contributed by atoms with Crippen molar-refractivity contribution in [2.45, 2.75) is 12.1 Å². The number of anilines is 1. The molecular weight excluding hydrogens is 428 g/mol. The summed E-state index contributed by atoms with van der Waals surface area (Å²) in [5, 5.41) is 3.04. The summed E-state index contributed by atoms with van der Waals surface area (Å²) in [6, 6.07) is 6.80. The van der Waals surface area contributed by atoms with Crippen LogP contribution in [0.5, 0.6) is 0 Å². The van der Waals surface area contributed by atoms with Crippen molar-refractivity contribution >= 4 is 63.1 Å². The van der Waals surface area contributed by atoms with E-state index in [-0.39, 0.29) is 33.4 Å². The van der Waals surface area contributed by atoms with Crippen LogP contribution in [0.1, 0.15) is 16.1 Å². The van der Waals surface area contributed by atoms with Gasteiger partial charge in [-0.3, -0.25) is 9.59 Å². The maximum atomic E-state index is 12.5. The molecule has 12 heteroatoms. The number of rotatable bonds is 5. The van der Waals surface area contributed by atoms with Gasteiger partial charge in [0.15, 0.2) is 10.8 Å². The molecule has 4 rings (SSSR count). The number of hydrogen-bond acceptors (Lipinski definition) is 9. The van der Waals surface area contributed by atoms with E-state index in [1.807, 2.05) is 6.07 Å². The fourth-order valence-corrected chi connectivity index (χ4v) is 4.02. The molecule has 10 nitrogen and oxygen atoms in total. The molecule has 1 aliphatic heterocycles. The Labute approximate surface area is 177 Å². The van der Waals surface area contributed by atoms with Crippen LogP contribution in [0, 0.1) is 6.92 Å². The number of hydrogen-bond donors (Lipinski definition) is 2. The van der Waals surface area contributed by atoms with E-state index in [1.54, 1.807) is 19.1 Å². The van der Waals surface area contributed by atoms with E-state index in [2.05, 4.69) is 29.0 Å². The zero-order valence-electron chi connectivity index (χ0n) is 15.8. The van der Waals surface area contributed by atoms with Crippen LogP contribution in [0.4, 0.5) is 17.1 Å². The fourth-order valence-electron chi connectivity index (χ4n) is 2.81. The van der Waals surface area contributed by atoms with E-state index >= 15 is 0 Å². The van der Waals surface area contributed by atoms with Gasteiger partial charge >= 0.3 is 5.97 Å². The SMILES string of the molecule is COC(=O)c1cc(C)nc2nc(SCC(=O)Nc3cccc4c3N=S=N4)[nH]c(=O)c12. The van der Waals surface area contributed by atoms with Gasteiger partial charge in [0.1, 0.15) is 11.4 Å². The van der Waals surface area contributed by atoms with E-state index in [4.69, 9.17) is 4.74 Å². The number of carbonyl (C=O) groups is 2. The number of ether oxygens (including phenoxy) is 1. The van der Waals surface area contributed by atoms with E-state index in [1.165, 1.54) is 13.2 Å². The summed E-state index contributed by atoms with van der Waals surface area (Å²) in [4.78, 5) is 48.0. The number of benzene rings is 1. The molecule has 0 aliphatic carbocycles. The molecular formula is C18H14N6O4S2. The van der Waals surface area contributed by atoms with Gasteiger partial charge in [-0.05, 0) is 25.1 Å². The first-order chi connectivity index (χ1) is 14.5. The van der Waals surface area contributed by atoms with Crippen LogP contribution in [0.3, 0.4) is 0 Å². The van der Waals surface area contributed by atoms with Crippen molar-refractivity contribution in [2.24, 2.45) is 8.73 Å². The molecule has 1 aliphatic rings.